The molecule has 7 nitrogen and oxygen atoms in total. The van der Waals surface area contributed by atoms with E-state index >= 15 is 0 Å². The molecule has 0 aliphatic carbocycles. The number of carbonyl (C=O) groups is 2. The molecule has 3 rings (SSSR count). The fourth-order valence-corrected chi connectivity index (χ4v) is 3.20. The monoisotopic (exact) mass is 382 g/mol. The van der Waals surface area contributed by atoms with E-state index in [1.807, 2.05) is 54.6 Å². The molecule has 0 radical (unpaired) electrons. The van der Waals surface area contributed by atoms with Crippen molar-refractivity contribution in [3.63, 3.8) is 0 Å². The Morgan fingerprint density at radius 2 is 1.61 bits per heavy atom. The fraction of sp³-hybridized carbons (Fsp3) is 0.333. The molecule has 0 saturated carbocycles. The van der Waals surface area contributed by atoms with Gasteiger partial charge >= 0.3 is 6.03 Å². The summed E-state index contributed by atoms with van der Waals surface area (Å²) >= 11 is 0. The Morgan fingerprint density at radius 3 is 2.32 bits per heavy atom. The van der Waals surface area contributed by atoms with Crippen LogP contribution >= 0.6 is 0 Å². The van der Waals surface area contributed by atoms with E-state index in [4.69, 9.17) is 4.74 Å². The molecule has 7 heteroatoms. The van der Waals surface area contributed by atoms with Crippen molar-refractivity contribution >= 4 is 17.6 Å². The van der Waals surface area contributed by atoms with Gasteiger partial charge in [0.25, 0.3) is 0 Å². The minimum Gasteiger partial charge on any atom is -0.495 e. The number of hydrogen-bond donors (Lipinski definition) is 2. The quantitative estimate of drug-likeness (QED) is 0.800. The molecule has 0 aromatic heterocycles. The van der Waals surface area contributed by atoms with Crippen molar-refractivity contribution in [1.29, 1.82) is 0 Å². The summed E-state index contributed by atoms with van der Waals surface area (Å²) in [5, 5.41) is 5.39. The zero-order valence-corrected chi connectivity index (χ0v) is 16.1. The predicted octanol–water partition coefficient (Wildman–Crippen LogP) is 1.84. The van der Waals surface area contributed by atoms with Gasteiger partial charge < -0.3 is 25.2 Å². The number of para-hydroxylation sites is 2. The van der Waals surface area contributed by atoms with Crippen molar-refractivity contribution < 1.29 is 14.3 Å². The highest BCUT2D eigenvalue weighted by atomic mass is 16.5. The second-order valence-electron chi connectivity index (χ2n) is 6.56. The smallest absolute Gasteiger partial charge is 0.315 e. The first-order chi connectivity index (χ1) is 13.7. The topological polar surface area (TPSA) is 73.9 Å². The number of amides is 3. The number of ether oxygens (including phenoxy) is 1. The molecule has 0 unspecified atom stereocenters. The second kappa shape index (κ2) is 9.64. The standard InChI is InChI=1S/C21H26N4O3/c1-28-19-10-6-5-9-18(19)24-11-13-25(14-12-24)20(26)16-23-21(27)22-15-17-7-3-2-4-8-17/h2-10H,11-16H2,1H3,(H2,22,23,27). The highest BCUT2D eigenvalue weighted by molar-refractivity contribution is 5.84. The molecule has 1 saturated heterocycles. The van der Waals surface area contributed by atoms with E-state index in [2.05, 4.69) is 15.5 Å². The predicted molar refractivity (Wildman–Crippen MR) is 108 cm³/mol. The average Bonchev–Trinajstić information content (AvgIpc) is 2.76. The Balaban J connectivity index is 1.41. The lowest BCUT2D eigenvalue weighted by atomic mass is 10.2. The Labute approximate surface area is 165 Å². The minimum atomic E-state index is -0.343. The van der Waals surface area contributed by atoms with E-state index in [0.29, 0.717) is 19.6 Å². The van der Waals surface area contributed by atoms with Crippen molar-refractivity contribution in [3.05, 3.63) is 60.2 Å². The molecule has 3 amide bonds. The maximum atomic E-state index is 12.4. The SMILES string of the molecule is COc1ccccc1N1CCN(C(=O)CNC(=O)NCc2ccccc2)CC1. The largest absolute Gasteiger partial charge is 0.495 e. The summed E-state index contributed by atoms with van der Waals surface area (Å²) in [7, 11) is 1.66. The van der Waals surface area contributed by atoms with Gasteiger partial charge in [-0.1, -0.05) is 42.5 Å². The summed E-state index contributed by atoms with van der Waals surface area (Å²) in [4.78, 5) is 28.3. The number of hydrogen-bond acceptors (Lipinski definition) is 4. The molecule has 148 valence electrons. The number of urea groups is 1. The lowest BCUT2D eigenvalue weighted by Crippen LogP contribution is -2.52. The molecule has 28 heavy (non-hydrogen) atoms. The molecule has 1 heterocycles. The Bertz CT molecular complexity index is 789. The summed E-state index contributed by atoms with van der Waals surface area (Å²) in [6, 6.07) is 17.2. The zero-order chi connectivity index (χ0) is 19.8. The molecule has 0 atom stereocenters. The van der Waals surface area contributed by atoms with Gasteiger partial charge in [-0.3, -0.25) is 4.79 Å². The summed E-state index contributed by atoms with van der Waals surface area (Å²) in [6.45, 7) is 3.11. The number of methoxy groups -OCH3 is 1. The molecular formula is C21H26N4O3. The maximum Gasteiger partial charge on any atom is 0.315 e. The molecule has 1 aliphatic heterocycles. The van der Waals surface area contributed by atoms with Gasteiger partial charge in [-0.25, -0.2) is 4.79 Å². The number of anilines is 1. The van der Waals surface area contributed by atoms with Gasteiger partial charge in [0.1, 0.15) is 5.75 Å². The molecule has 0 spiro atoms. The number of benzene rings is 2. The van der Waals surface area contributed by atoms with Crippen molar-refractivity contribution in [3.8, 4) is 5.75 Å². The molecule has 2 N–H and O–H groups in total. The van der Waals surface area contributed by atoms with Gasteiger partial charge in [-0.05, 0) is 17.7 Å². The average molecular weight is 382 g/mol. The highest BCUT2D eigenvalue weighted by Gasteiger charge is 2.22. The zero-order valence-electron chi connectivity index (χ0n) is 16.1. The van der Waals surface area contributed by atoms with Crippen LogP contribution in [-0.2, 0) is 11.3 Å². The van der Waals surface area contributed by atoms with Crippen molar-refractivity contribution in [2.24, 2.45) is 0 Å². The first kappa shape index (κ1) is 19.5. The van der Waals surface area contributed by atoms with Gasteiger partial charge in [0, 0.05) is 32.7 Å². The Morgan fingerprint density at radius 1 is 0.929 bits per heavy atom. The van der Waals surface area contributed by atoms with Crippen LogP contribution in [0.15, 0.2) is 54.6 Å². The number of nitrogens with one attached hydrogen (secondary N) is 2. The first-order valence-corrected chi connectivity index (χ1v) is 9.38. The minimum absolute atomic E-state index is 0.00468. The lowest BCUT2D eigenvalue weighted by molar-refractivity contribution is -0.130. The maximum absolute atomic E-state index is 12.4. The third-order valence-corrected chi connectivity index (χ3v) is 4.75. The molecule has 2 aromatic carbocycles. The number of nitrogens with zero attached hydrogens (tertiary/aromatic N) is 2. The van der Waals surface area contributed by atoms with Gasteiger partial charge in [0.05, 0.1) is 19.3 Å². The Hall–Kier alpha value is -3.22. The van der Waals surface area contributed by atoms with E-state index in [1.54, 1.807) is 12.0 Å². The van der Waals surface area contributed by atoms with Crippen LogP contribution in [0.25, 0.3) is 0 Å². The van der Waals surface area contributed by atoms with Crippen molar-refractivity contribution in [2.45, 2.75) is 6.54 Å². The third kappa shape index (κ3) is 5.16. The van der Waals surface area contributed by atoms with Crippen LogP contribution in [0.1, 0.15) is 5.56 Å². The summed E-state index contributed by atoms with van der Waals surface area (Å²) < 4.78 is 5.42. The fourth-order valence-electron chi connectivity index (χ4n) is 3.20. The molecular weight excluding hydrogens is 356 g/mol. The van der Waals surface area contributed by atoms with E-state index in [9.17, 15) is 9.59 Å². The van der Waals surface area contributed by atoms with Gasteiger partial charge in [0.2, 0.25) is 5.91 Å². The highest BCUT2D eigenvalue weighted by Crippen LogP contribution is 2.28. The van der Waals surface area contributed by atoms with Crippen LogP contribution in [0.5, 0.6) is 5.75 Å². The van der Waals surface area contributed by atoms with Gasteiger partial charge in [-0.15, -0.1) is 0 Å². The normalized spacial score (nSPS) is 13.8. The molecule has 1 fully saturated rings. The first-order valence-electron chi connectivity index (χ1n) is 9.38. The van der Waals surface area contributed by atoms with E-state index < -0.39 is 0 Å². The third-order valence-electron chi connectivity index (χ3n) is 4.75. The summed E-state index contributed by atoms with van der Waals surface area (Å²) in [5.74, 6) is 0.758. The van der Waals surface area contributed by atoms with Crippen LogP contribution in [0.4, 0.5) is 10.5 Å². The van der Waals surface area contributed by atoms with Crippen LogP contribution in [0, 0.1) is 0 Å². The van der Waals surface area contributed by atoms with E-state index in [0.717, 1.165) is 30.1 Å². The lowest BCUT2D eigenvalue weighted by Gasteiger charge is -2.36. The van der Waals surface area contributed by atoms with Crippen LogP contribution in [-0.4, -0.2) is 56.7 Å². The molecule has 2 aromatic rings. The van der Waals surface area contributed by atoms with Crippen LogP contribution in [0.2, 0.25) is 0 Å². The van der Waals surface area contributed by atoms with Crippen LogP contribution in [0.3, 0.4) is 0 Å². The van der Waals surface area contributed by atoms with Crippen molar-refractivity contribution in [1.82, 2.24) is 15.5 Å². The second-order valence-corrected chi connectivity index (χ2v) is 6.56. The summed E-state index contributed by atoms with van der Waals surface area (Å²) in [6.07, 6.45) is 0. The Kier molecular flexibility index (Phi) is 6.73. The molecule has 0 bridgehead atoms. The van der Waals surface area contributed by atoms with E-state index in [-0.39, 0.29) is 18.5 Å². The molecule has 1 aliphatic rings. The number of rotatable bonds is 6. The van der Waals surface area contributed by atoms with Crippen LogP contribution < -0.4 is 20.3 Å². The number of piperazine rings is 1. The van der Waals surface area contributed by atoms with Crippen molar-refractivity contribution in [2.75, 3.05) is 44.7 Å². The van der Waals surface area contributed by atoms with E-state index in [1.165, 1.54) is 0 Å². The van der Waals surface area contributed by atoms with Gasteiger partial charge in [0.15, 0.2) is 0 Å². The van der Waals surface area contributed by atoms with Gasteiger partial charge in [-0.2, -0.15) is 0 Å². The number of carbonyl (C=O) groups excluding carboxylic acids is 2. The summed E-state index contributed by atoms with van der Waals surface area (Å²) in [5.41, 5.74) is 2.05.